The molecule has 0 radical (unpaired) electrons. The van der Waals surface area contributed by atoms with E-state index in [4.69, 9.17) is 4.74 Å². The van der Waals surface area contributed by atoms with Gasteiger partial charge in [-0.3, -0.25) is 10.1 Å². The predicted molar refractivity (Wildman–Crippen MR) is 107 cm³/mol. The lowest BCUT2D eigenvalue weighted by molar-refractivity contribution is -0.384. The smallest absolute Gasteiger partial charge is 0.269 e. The molecule has 1 aromatic carbocycles. The number of rotatable bonds is 9. The zero-order valence-electron chi connectivity index (χ0n) is 14.4. The van der Waals surface area contributed by atoms with Crippen LogP contribution >= 0.6 is 24.0 Å². The highest BCUT2D eigenvalue weighted by atomic mass is 127. The lowest BCUT2D eigenvalue weighted by Crippen LogP contribution is -2.42. The van der Waals surface area contributed by atoms with Gasteiger partial charge in [-0.2, -0.15) is 0 Å². The molecular formula is C16H27IN4O3. The first-order chi connectivity index (χ1) is 11.1. The highest BCUT2D eigenvalue weighted by molar-refractivity contribution is 14.0. The summed E-state index contributed by atoms with van der Waals surface area (Å²) in [6, 6.07) is 6.78. The first-order valence-electron chi connectivity index (χ1n) is 7.84. The Bertz CT molecular complexity index is 509. The highest BCUT2D eigenvalue weighted by Crippen LogP contribution is 2.12. The molecule has 1 atom stereocenters. The van der Waals surface area contributed by atoms with Gasteiger partial charge < -0.3 is 15.4 Å². The summed E-state index contributed by atoms with van der Waals surface area (Å²) in [4.78, 5) is 14.8. The molecule has 0 aliphatic rings. The number of benzene rings is 1. The van der Waals surface area contributed by atoms with Crippen molar-refractivity contribution in [2.75, 3.05) is 20.3 Å². The fraction of sp³-hybridized carbons (Fsp3) is 0.562. The summed E-state index contributed by atoms with van der Waals surface area (Å²) in [5.41, 5.74) is 1.02. The summed E-state index contributed by atoms with van der Waals surface area (Å²) >= 11 is 0. The summed E-state index contributed by atoms with van der Waals surface area (Å²) in [6.45, 7) is 6.14. The van der Waals surface area contributed by atoms with Crippen molar-refractivity contribution in [2.24, 2.45) is 4.99 Å². The Morgan fingerprint density at radius 2 is 2.04 bits per heavy atom. The van der Waals surface area contributed by atoms with E-state index in [1.165, 1.54) is 12.1 Å². The molecule has 0 amide bonds. The molecule has 7 nitrogen and oxygen atoms in total. The van der Waals surface area contributed by atoms with Crippen molar-refractivity contribution >= 4 is 35.6 Å². The topological polar surface area (TPSA) is 88.8 Å². The second-order valence-corrected chi connectivity index (χ2v) is 5.32. The van der Waals surface area contributed by atoms with Crippen LogP contribution in [-0.2, 0) is 11.3 Å². The van der Waals surface area contributed by atoms with Gasteiger partial charge in [-0.25, -0.2) is 4.99 Å². The van der Waals surface area contributed by atoms with Gasteiger partial charge in [-0.05, 0) is 25.3 Å². The third kappa shape index (κ3) is 9.02. The SMILES string of the molecule is CCC(C)NC(=NCc1ccc([N+](=O)[O-])cc1)NCCCOC.I. The maximum absolute atomic E-state index is 10.7. The summed E-state index contributed by atoms with van der Waals surface area (Å²) in [5, 5.41) is 17.3. The van der Waals surface area contributed by atoms with Crippen molar-refractivity contribution in [1.82, 2.24) is 10.6 Å². The van der Waals surface area contributed by atoms with Crippen molar-refractivity contribution in [3.63, 3.8) is 0 Å². The van der Waals surface area contributed by atoms with Gasteiger partial charge in [0, 0.05) is 38.4 Å². The van der Waals surface area contributed by atoms with Gasteiger partial charge in [0.15, 0.2) is 5.96 Å². The minimum absolute atomic E-state index is 0. The van der Waals surface area contributed by atoms with E-state index in [9.17, 15) is 10.1 Å². The average Bonchev–Trinajstić information content (AvgIpc) is 2.56. The van der Waals surface area contributed by atoms with Gasteiger partial charge in [0.25, 0.3) is 5.69 Å². The summed E-state index contributed by atoms with van der Waals surface area (Å²) in [6.07, 6.45) is 1.89. The Morgan fingerprint density at radius 1 is 1.38 bits per heavy atom. The highest BCUT2D eigenvalue weighted by Gasteiger charge is 2.05. The molecule has 1 rings (SSSR count). The molecule has 0 bridgehead atoms. The van der Waals surface area contributed by atoms with Gasteiger partial charge in [-0.1, -0.05) is 19.1 Å². The number of nitro groups is 1. The first kappa shape index (κ1) is 22.6. The van der Waals surface area contributed by atoms with Crippen LogP contribution in [0, 0.1) is 10.1 Å². The zero-order valence-corrected chi connectivity index (χ0v) is 16.8. The normalized spacial score (nSPS) is 12.2. The van der Waals surface area contributed by atoms with Gasteiger partial charge in [0.05, 0.1) is 11.5 Å². The van der Waals surface area contributed by atoms with E-state index in [-0.39, 0.29) is 29.7 Å². The van der Waals surface area contributed by atoms with Crippen LogP contribution in [0.25, 0.3) is 0 Å². The molecule has 1 unspecified atom stereocenters. The number of halogens is 1. The maximum Gasteiger partial charge on any atom is 0.269 e. The predicted octanol–water partition coefficient (Wildman–Crippen LogP) is 3.08. The molecule has 0 heterocycles. The Morgan fingerprint density at radius 3 is 2.58 bits per heavy atom. The minimum Gasteiger partial charge on any atom is -0.385 e. The van der Waals surface area contributed by atoms with Crippen LogP contribution < -0.4 is 10.6 Å². The molecule has 0 spiro atoms. The van der Waals surface area contributed by atoms with E-state index >= 15 is 0 Å². The monoisotopic (exact) mass is 450 g/mol. The van der Waals surface area contributed by atoms with Crippen LogP contribution in [0.3, 0.4) is 0 Å². The van der Waals surface area contributed by atoms with Gasteiger partial charge in [-0.15, -0.1) is 24.0 Å². The summed E-state index contributed by atoms with van der Waals surface area (Å²) in [5.74, 6) is 0.744. The van der Waals surface area contributed by atoms with Gasteiger partial charge in [0.1, 0.15) is 0 Å². The molecular weight excluding hydrogens is 423 g/mol. The van der Waals surface area contributed by atoms with E-state index in [1.54, 1.807) is 19.2 Å². The van der Waals surface area contributed by atoms with E-state index in [0.717, 1.165) is 30.9 Å². The van der Waals surface area contributed by atoms with E-state index in [2.05, 4.69) is 29.5 Å². The Labute approximate surface area is 160 Å². The fourth-order valence-electron chi connectivity index (χ4n) is 1.80. The van der Waals surface area contributed by atoms with Crippen LogP contribution in [0.4, 0.5) is 5.69 Å². The van der Waals surface area contributed by atoms with Crippen LogP contribution in [0.5, 0.6) is 0 Å². The van der Waals surface area contributed by atoms with Crippen LogP contribution in [-0.4, -0.2) is 37.2 Å². The number of ether oxygens (including phenoxy) is 1. The van der Waals surface area contributed by atoms with Crippen molar-refractivity contribution < 1.29 is 9.66 Å². The lowest BCUT2D eigenvalue weighted by Gasteiger charge is -2.17. The Balaban J connectivity index is 0.00000529. The molecule has 8 heteroatoms. The number of hydrogen-bond acceptors (Lipinski definition) is 4. The molecule has 0 saturated heterocycles. The molecule has 0 fully saturated rings. The van der Waals surface area contributed by atoms with E-state index < -0.39 is 4.92 Å². The fourth-order valence-corrected chi connectivity index (χ4v) is 1.80. The minimum atomic E-state index is -0.402. The molecule has 0 aliphatic heterocycles. The number of nitrogens with one attached hydrogen (secondary N) is 2. The second kappa shape index (κ2) is 12.9. The Hall–Kier alpha value is -1.42. The average molecular weight is 450 g/mol. The molecule has 0 aromatic heterocycles. The molecule has 2 N–H and O–H groups in total. The van der Waals surface area contributed by atoms with Crippen LogP contribution in [0.15, 0.2) is 29.3 Å². The maximum atomic E-state index is 10.7. The number of aliphatic imine (C=N–C) groups is 1. The zero-order chi connectivity index (χ0) is 17.1. The van der Waals surface area contributed by atoms with E-state index in [1.807, 2.05) is 0 Å². The number of guanidine groups is 1. The molecule has 1 aromatic rings. The summed E-state index contributed by atoms with van der Waals surface area (Å²) < 4.78 is 5.03. The quantitative estimate of drug-likeness (QED) is 0.151. The largest absolute Gasteiger partial charge is 0.385 e. The molecule has 0 saturated carbocycles. The molecule has 0 aliphatic carbocycles. The van der Waals surface area contributed by atoms with Crippen molar-refractivity contribution in [1.29, 1.82) is 0 Å². The number of nitrogens with zero attached hydrogens (tertiary/aromatic N) is 2. The van der Waals surface area contributed by atoms with Gasteiger partial charge >= 0.3 is 0 Å². The van der Waals surface area contributed by atoms with Crippen molar-refractivity contribution in [3.05, 3.63) is 39.9 Å². The number of non-ortho nitro benzene ring substituents is 1. The van der Waals surface area contributed by atoms with E-state index in [0.29, 0.717) is 19.2 Å². The van der Waals surface area contributed by atoms with Crippen LogP contribution in [0.1, 0.15) is 32.3 Å². The Kier molecular flexibility index (Phi) is 12.2. The molecule has 136 valence electrons. The van der Waals surface area contributed by atoms with Crippen LogP contribution in [0.2, 0.25) is 0 Å². The second-order valence-electron chi connectivity index (χ2n) is 5.32. The molecule has 24 heavy (non-hydrogen) atoms. The van der Waals surface area contributed by atoms with Gasteiger partial charge in [0.2, 0.25) is 0 Å². The van der Waals surface area contributed by atoms with Crippen molar-refractivity contribution in [2.45, 2.75) is 39.3 Å². The first-order valence-corrected chi connectivity index (χ1v) is 7.84. The lowest BCUT2D eigenvalue weighted by atomic mass is 10.2. The third-order valence-electron chi connectivity index (χ3n) is 3.38. The number of nitro benzene ring substituents is 1. The number of hydrogen-bond donors (Lipinski definition) is 2. The third-order valence-corrected chi connectivity index (χ3v) is 3.38. The standard InChI is InChI=1S/C16H26N4O3.HI/c1-4-13(2)19-16(17-10-5-11-23-3)18-12-14-6-8-15(9-7-14)20(21)22;/h6-9,13H,4-5,10-12H2,1-3H3,(H2,17,18,19);1H. The van der Waals surface area contributed by atoms with Crippen molar-refractivity contribution in [3.8, 4) is 0 Å². The summed E-state index contributed by atoms with van der Waals surface area (Å²) in [7, 11) is 1.68. The number of methoxy groups -OCH3 is 1.